The summed E-state index contributed by atoms with van der Waals surface area (Å²) in [6, 6.07) is 0. The quantitative estimate of drug-likeness (QED) is 0.537. The maximum atomic E-state index is 5.14. The summed E-state index contributed by atoms with van der Waals surface area (Å²) in [6.45, 7) is 2.93. The Labute approximate surface area is 59.6 Å². The van der Waals surface area contributed by atoms with Gasteiger partial charge in [-0.3, -0.25) is 4.68 Å². The molecule has 0 aromatic carbocycles. The zero-order valence-corrected chi connectivity index (χ0v) is 6.16. The zero-order valence-electron chi connectivity index (χ0n) is 6.16. The predicted octanol–water partition coefficient (Wildman–Crippen LogP) is 0.800. The summed E-state index contributed by atoms with van der Waals surface area (Å²) in [5.41, 5.74) is 2.45. The average molecular weight is 138 g/mol. The Morgan fingerprint density at radius 1 is 1.80 bits per heavy atom. The number of aromatic nitrogens is 2. The third-order valence-electron chi connectivity index (χ3n) is 1.95. The number of ether oxygens (including phenoxy) is 1. The standard InChI is InChI=1S/C7H10N2O/c1-5-6(7-4-10-7)3-8-9(5)2/h3,7H,4H2,1-2H3. The molecule has 1 unspecified atom stereocenters. The summed E-state index contributed by atoms with van der Waals surface area (Å²) in [4.78, 5) is 0. The Hall–Kier alpha value is -0.830. The van der Waals surface area contributed by atoms with Gasteiger partial charge in [-0.05, 0) is 6.92 Å². The van der Waals surface area contributed by atoms with Gasteiger partial charge >= 0.3 is 0 Å². The lowest BCUT2D eigenvalue weighted by atomic mass is 10.2. The lowest BCUT2D eigenvalue weighted by molar-refractivity contribution is 0.414. The van der Waals surface area contributed by atoms with Crippen LogP contribution in [-0.4, -0.2) is 16.4 Å². The van der Waals surface area contributed by atoms with Crippen molar-refractivity contribution >= 4 is 0 Å². The minimum atomic E-state index is 0.341. The van der Waals surface area contributed by atoms with E-state index in [1.165, 1.54) is 11.3 Å². The summed E-state index contributed by atoms with van der Waals surface area (Å²) < 4.78 is 7.01. The fourth-order valence-electron chi connectivity index (χ4n) is 1.06. The molecule has 0 saturated carbocycles. The Kier molecular flexibility index (Phi) is 1.08. The minimum Gasteiger partial charge on any atom is -0.368 e. The van der Waals surface area contributed by atoms with Crippen molar-refractivity contribution in [2.45, 2.75) is 13.0 Å². The second-order valence-corrected chi connectivity index (χ2v) is 2.63. The lowest BCUT2D eigenvalue weighted by Crippen LogP contribution is -1.93. The molecule has 1 aliphatic heterocycles. The van der Waals surface area contributed by atoms with Crippen molar-refractivity contribution in [3.8, 4) is 0 Å². The topological polar surface area (TPSA) is 30.4 Å². The van der Waals surface area contributed by atoms with Crippen LogP contribution >= 0.6 is 0 Å². The number of nitrogens with zero attached hydrogens (tertiary/aromatic N) is 2. The first-order chi connectivity index (χ1) is 4.79. The van der Waals surface area contributed by atoms with Gasteiger partial charge in [0.05, 0.1) is 12.8 Å². The van der Waals surface area contributed by atoms with E-state index in [9.17, 15) is 0 Å². The third kappa shape index (κ3) is 0.743. The third-order valence-corrected chi connectivity index (χ3v) is 1.95. The number of epoxide rings is 1. The van der Waals surface area contributed by atoms with Crippen molar-refractivity contribution in [3.05, 3.63) is 17.5 Å². The zero-order chi connectivity index (χ0) is 7.14. The lowest BCUT2D eigenvalue weighted by Gasteiger charge is -1.93. The van der Waals surface area contributed by atoms with Crippen LogP contribution in [0.2, 0.25) is 0 Å². The summed E-state index contributed by atoms with van der Waals surface area (Å²) in [5.74, 6) is 0. The van der Waals surface area contributed by atoms with Crippen LogP contribution in [0.4, 0.5) is 0 Å². The Balaban J connectivity index is 2.40. The molecule has 3 nitrogen and oxygen atoms in total. The summed E-state index contributed by atoms with van der Waals surface area (Å²) in [5, 5.41) is 4.11. The van der Waals surface area contributed by atoms with Crippen LogP contribution in [0.1, 0.15) is 17.4 Å². The van der Waals surface area contributed by atoms with Crippen molar-refractivity contribution in [1.82, 2.24) is 9.78 Å². The van der Waals surface area contributed by atoms with Crippen molar-refractivity contribution in [2.24, 2.45) is 7.05 Å². The van der Waals surface area contributed by atoms with Crippen LogP contribution in [0, 0.1) is 6.92 Å². The highest BCUT2D eigenvalue weighted by Gasteiger charge is 2.27. The SMILES string of the molecule is Cc1c(C2CO2)cnn1C. The molecular formula is C7H10N2O. The van der Waals surface area contributed by atoms with Gasteiger partial charge in [-0.2, -0.15) is 5.10 Å². The van der Waals surface area contributed by atoms with E-state index in [2.05, 4.69) is 12.0 Å². The average Bonchev–Trinajstić information content (AvgIpc) is 2.67. The van der Waals surface area contributed by atoms with Crippen LogP contribution in [0.5, 0.6) is 0 Å². The van der Waals surface area contributed by atoms with E-state index in [4.69, 9.17) is 4.74 Å². The van der Waals surface area contributed by atoms with Gasteiger partial charge in [0.25, 0.3) is 0 Å². The van der Waals surface area contributed by atoms with E-state index in [1.54, 1.807) is 0 Å². The molecular weight excluding hydrogens is 128 g/mol. The molecule has 0 spiro atoms. The fraction of sp³-hybridized carbons (Fsp3) is 0.571. The first-order valence-electron chi connectivity index (χ1n) is 3.39. The Morgan fingerprint density at radius 2 is 2.50 bits per heavy atom. The van der Waals surface area contributed by atoms with E-state index in [0.29, 0.717) is 6.10 Å². The van der Waals surface area contributed by atoms with E-state index >= 15 is 0 Å². The number of hydrogen-bond acceptors (Lipinski definition) is 2. The highest BCUT2D eigenvalue weighted by Crippen LogP contribution is 2.31. The normalized spacial score (nSPS) is 23.2. The van der Waals surface area contributed by atoms with E-state index < -0.39 is 0 Å². The van der Waals surface area contributed by atoms with Gasteiger partial charge in [-0.25, -0.2) is 0 Å². The Morgan fingerprint density at radius 3 is 2.90 bits per heavy atom. The largest absolute Gasteiger partial charge is 0.368 e. The highest BCUT2D eigenvalue weighted by atomic mass is 16.6. The van der Waals surface area contributed by atoms with Crippen LogP contribution in [0.15, 0.2) is 6.20 Å². The molecule has 0 radical (unpaired) electrons. The van der Waals surface area contributed by atoms with Crippen LogP contribution in [0.3, 0.4) is 0 Å². The summed E-state index contributed by atoms with van der Waals surface area (Å²) >= 11 is 0. The monoisotopic (exact) mass is 138 g/mol. The second-order valence-electron chi connectivity index (χ2n) is 2.63. The smallest absolute Gasteiger partial charge is 0.109 e. The molecule has 0 N–H and O–H groups in total. The van der Waals surface area contributed by atoms with Gasteiger partial charge in [-0.15, -0.1) is 0 Å². The number of hydrogen-bond donors (Lipinski definition) is 0. The van der Waals surface area contributed by atoms with Gasteiger partial charge in [-0.1, -0.05) is 0 Å². The van der Waals surface area contributed by atoms with Gasteiger partial charge in [0.2, 0.25) is 0 Å². The van der Waals surface area contributed by atoms with Gasteiger partial charge in [0.1, 0.15) is 6.10 Å². The molecule has 10 heavy (non-hydrogen) atoms. The fourth-order valence-corrected chi connectivity index (χ4v) is 1.06. The molecule has 1 fully saturated rings. The first kappa shape index (κ1) is 5.92. The number of aryl methyl sites for hydroxylation is 1. The number of rotatable bonds is 1. The van der Waals surface area contributed by atoms with Crippen LogP contribution in [0.25, 0.3) is 0 Å². The van der Waals surface area contributed by atoms with Crippen molar-refractivity contribution in [2.75, 3.05) is 6.61 Å². The van der Waals surface area contributed by atoms with Crippen LogP contribution < -0.4 is 0 Å². The molecule has 1 atom stereocenters. The van der Waals surface area contributed by atoms with Crippen molar-refractivity contribution in [1.29, 1.82) is 0 Å². The molecule has 0 bridgehead atoms. The van der Waals surface area contributed by atoms with Gasteiger partial charge in [0, 0.05) is 18.3 Å². The molecule has 1 aromatic rings. The van der Waals surface area contributed by atoms with Crippen molar-refractivity contribution < 1.29 is 4.74 Å². The molecule has 0 aliphatic carbocycles. The first-order valence-corrected chi connectivity index (χ1v) is 3.39. The van der Waals surface area contributed by atoms with Gasteiger partial charge in [0.15, 0.2) is 0 Å². The minimum absolute atomic E-state index is 0.341. The maximum absolute atomic E-state index is 5.14. The second kappa shape index (κ2) is 1.83. The molecule has 1 aromatic heterocycles. The molecule has 1 saturated heterocycles. The summed E-state index contributed by atoms with van der Waals surface area (Å²) in [7, 11) is 1.95. The molecule has 2 heterocycles. The predicted molar refractivity (Wildman–Crippen MR) is 36.6 cm³/mol. The molecule has 2 rings (SSSR count). The van der Waals surface area contributed by atoms with Gasteiger partial charge < -0.3 is 4.74 Å². The highest BCUT2D eigenvalue weighted by molar-refractivity contribution is 5.21. The molecule has 1 aliphatic rings. The molecule has 3 heteroatoms. The maximum Gasteiger partial charge on any atom is 0.109 e. The van der Waals surface area contributed by atoms with E-state index in [1.807, 2.05) is 17.9 Å². The molecule has 54 valence electrons. The van der Waals surface area contributed by atoms with Crippen molar-refractivity contribution in [3.63, 3.8) is 0 Å². The van der Waals surface area contributed by atoms with E-state index in [-0.39, 0.29) is 0 Å². The summed E-state index contributed by atoms with van der Waals surface area (Å²) in [6.07, 6.45) is 2.22. The Bertz CT molecular complexity index is 250. The van der Waals surface area contributed by atoms with E-state index in [0.717, 1.165) is 6.61 Å². The van der Waals surface area contributed by atoms with Crippen LogP contribution in [-0.2, 0) is 11.8 Å². The molecule has 0 amide bonds.